The van der Waals surface area contributed by atoms with Gasteiger partial charge in [0.2, 0.25) is 5.91 Å². The number of nitrogens with zero attached hydrogens (tertiary/aromatic N) is 2. The zero-order chi connectivity index (χ0) is 21.0. The minimum absolute atomic E-state index is 0.206. The van der Waals surface area contributed by atoms with Gasteiger partial charge in [-0.05, 0) is 41.8 Å². The summed E-state index contributed by atoms with van der Waals surface area (Å²) in [5.41, 5.74) is 2.01. The predicted molar refractivity (Wildman–Crippen MR) is 107 cm³/mol. The van der Waals surface area contributed by atoms with Crippen molar-refractivity contribution in [1.29, 1.82) is 5.26 Å². The Bertz CT molecular complexity index is 921. The lowest BCUT2D eigenvalue weighted by Gasteiger charge is -2.44. The highest BCUT2D eigenvalue weighted by molar-refractivity contribution is 6.30. The number of carboxylic acids is 1. The highest BCUT2D eigenvalue weighted by Gasteiger charge is 2.44. The summed E-state index contributed by atoms with van der Waals surface area (Å²) in [6.45, 7) is 1.68. The van der Waals surface area contributed by atoms with Crippen molar-refractivity contribution in [2.24, 2.45) is 0 Å². The number of carbonyl (C=O) groups excluding carboxylic acids is 1. The van der Waals surface area contributed by atoms with Crippen LogP contribution >= 0.6 is 11.6 Å². The second-order valence-corrected chi connectivity index (χ2v) is 7.34. The number of hydrogen-bond donors (Lipinski definition) is 1. The number of benzene rings is 2. The molecule has 0 radical (unpaired) electrons. The van der Waals surface area contributed by atoms with Crippen molar-refractivity contribution in [3.63, 3.8) is 0 Å². The van der Waals surface area contributed by atoms with Gasteiger partial charge in [-0.2, -0.15) is 5.26 Å². The summed E-state index contributed by atoms with van der Waals surface area (Å²) in [5.74, 6) is -1.41. The molecule has 3 atom stereocenters. The summed E-state index contributed by atoms with van der Waals surface area (Å²) in [7, 11) is 0. The fourth-order valence-corrected chi connectivity index (χ4v) is 3.80. The Balaban J connectivity index is 2.11. The van der Waals surface area contributed by atoms with E-state index in [9.17, 15) is 14.7 Å². The van der Waals surface area contributed by atoms with Crippen LogP contribution in [0.25, 0.3) is 0 Å². The number of aliphatic carboxylic acids is 1. The number of carbonyl (C=O) groups is 2. The third-order valence-electron chi connectivity index (χ3n) is 5.02. The first kappa shape index (κ1) is 20.8. The molecule has 1 aliphatic heterocycles. The van der Waals surface area contributed by atoms with Gasteiger partial charge in [-0.15, -0.1) is 0 Å². The number of carboxylic acid groups (broad SMARTS) is 1. The van der Waals surface area contributed by atoms with Crippen molar-refractivity contribution in [2.75, 3.05) is 6.61 Å². The van der Waals surface area contributed by atoms with E-state index in [1.807, 2.05) is 6.92 Å². The van der Waals surface area contributed by atoms with Crippen LogP contribution in [0.3, 0.4) is 0 Å². The first-order valence-electron chi connectivity index (χ1n) is 9.37. The molecule has 2 aromatic carbocycles. The first-order valence-corrected chi connectivity index (χ1v) is 9.75. The van der Waals surface area contributed by atoms with Gasteiger partial charge in [0.1, 0.15) is 18.8 Å². The highest BCUT2D eigenvalue weighted by Crippen LogP contribution is 2.42. The van der Waals surface area contributed by atoms with E-state index in [1.165, 1.54) is 4.90 Å². The molecule has 1 heterocycles. The van der Waals surface area contributed by atoms with E-state index < -0.39 is 24.2 Å². The molecule has 0 spiro atoms. The van der Waals surface area contributed by atoms with Crippen molar-refractivity contribution >= 4 is 23.5 Å². The third-order valence-corrected chi connectivity index (χ3v) is 5.28. The number of hydrogen-bond acceptors (Lipinski definition) is 4. The molecule has 6 nitrogen and oxygen atoms in total. The Morgan fingerprint density at radius 3 is 2.41 bits per heavy atom. The fraction of sp³-hybridized carbons (Fsp3) is 0.318. The number of halogens is 1. The maximum atomic E-state index is 12.8. The summed E-state index contributed by atoms with van der Waals surface area (Å²) in [5, 5.41) is 19.4. The van der Waals surface area contributed by atoms with Gasteiger partial charge in [0.05, 0.1) is 17.7 Å². The van der Waals surface area contributed by atoms with Crippen molar-refractivity contribution in [3.05, 3.63) is 70.2 Å². The quantitative estimate of drug-likeness (QED) is 0.771. The molecule has 29 heavy (non-hydrogen) atoms. The molecule has 1 saturated heterocycles. The van der Waals surface area contributed by atoms with Crippen LogP contribution in [-0.4, -0.2) is 34.5 Å². The minimum Gasteiger partial charge on any atom is -0.480 e. The fourth-order valence-electron chi connectivity index (χ4n) is 3.67. The molecule has 2 aromatic rings. The van der Waals surface area contributed by atoms with Gasteiger partial charge in [0.25, 0.3) is 0 Å². The van der Waals surface area contributed by atoms with Crippen LogP contribution in [0.4, 0.5) is 0 Å². The van der Waals surface area contributed by atoms with E-state index in [0.29, 0.717) is 23.4 Å². The molecule has 1 amide bonds. The van der Waals surface area contributed by atoms with Crippen LogP contribution in [0.15, 0.2) is 48.5 Å². The second-order valence-electron chi connectivity index (χ2n) is 6.91. The van der Waals surface area contributed by atoms with Crippen LogP contribution in [-0.2, 0) is 14.3 Å². The smallest absolute Gasteiger partial charge is 0.326 e. The molecule has 0 aromatic heterocycles. The van der Waals surface area contributed by atoms with E-state index in [2.05, 4.69) is 6.07 Å². The lowest BCUT2D eigenvalue weighted by atomic mass is 9.90. The van der Waals surface area contributed by atoms with Gasteiger partial charge < -0.3 is 14.7 Å². The van der Waals surface area contributed by atoms with Crippen LogP contribution < -0.4 is 0 Å². The molecule has 0 unspecified atom stereocenters. The number of morpholine rings is 1. The van der Waals surface area contributed by atoms with Gasteiger partial charge in [0.15, 0.2) is 0 Å². The van der Waals surface area contributed by atoms with Gasteiger partial charge in [-0.1, -0.05) is 49.2 Å². The predicted octanol–water partition coefficient (Wildman–Crippen LogP) is 4.11. The van der Waals surface area contributed by atoms with Crippen molar-refractivity contribution in [3.8, 4) is 6.07 Å². The largest absolute Gasteiger partial charge is 0.480 e. The highest BCUT2D eigenvalue weighted by atomic mass is 35.5. The molecule has 0 aliphatic carbocycles. The van der Waals surface area contributed by atoms with Crippen molar-refractivity contribution < 1.29 is 19.4 Å². The minimum atomic E-state index is -1.04. The summed E-state index contributed by atoms with van der Waals surface area (Å²) in [4.78, 5) is 26.2. The summed E-state index contributed by atoms with van der Waals surface area (Å²) in [6, 6.07) is 14.4. The Kier molecular flexibility index (Phi) is 6.53. The van der Waals surface area contributed by atoms with E-state index in [4.69, 9.17) is 21.6 Å². The molecular formula is C22H21ClN2O4. The average molecular weight is 413 g/mol. The van der Waals surface area contributed by atoms with Crippen LogP contribution in [0.5, 0.6) is 0 Å². The van der Waals surface area contributed by atoms with Gasteiger partial charge >= 0.3 is 5.97 Å². The third kappa shape index (κ3) is 4.42. The number of nitriles is 1. The van der Waals surface area contributed by atoms with Gasteiger partial charge in [-0.25, -0.2) is 4.79 Å². The Morgan fingerprint density at radius 1 is 1.24 bits per heavy atom. The Hall–Kier alpha value is -2.88. The SMILES string of the molecule is CCC[C@@H](C(=O)O)N1C(=O)CO[C@@H](c2ccc(C#N)cc2)[C@H]1c1ccc(Cl)cc1. The van der Waals surface area contributed by atoms with Crippen LogP contribution in [0, 0.1) is 11.3 Å². The van der Waals surface area contributed by atoms with Crippen molar-refractivity contribution in [2.45, 2.75) is 38.0 Å². The molecule has 7 heteroatoms. The lowest BCUT2D eigenvalue weighted by molar-refractivity contribution is -0.171. The maximum Gasteiger partial charge on any atom is 0.326 e. The zero-order valence-electron chi connectivity index (χ0n) is 15.9. The molecule has 0 bridgehead atoms. The average Bonchev–Trinajstić information content (AvgIpc) is 2.73. The summed E-state index contributed by atoms with van der Waals surface area (Å²) < 4.78 is 5.89. The van der Waals surface area contributed by atoms with E-state index in [0.717, 1.165) is 11.1 Å². The topological polar surface area (TPSA) is 90.6 Å². The first-order chi connectivity index (χ1) is 14.0. The van der Waals surface area contributed by atoms with Gasteiger partial charge in [0, 0.05) is 5.02 Å². The molecule has 1 aliphatic rings. The second kappa shape index (κ2) is 9.08. The molecule has 0 saturated carbocycles. The van der Waals surface area contributed by atoms with Crippen LogP contribution in [0.2, 0.25) is 5.02 Å². The molecule has 150 valence electrons. The molecule has 1 N–H and O–H groups in total. The monoisotopic (exact) mass is 412 g/mol. The number of ether oxygens (including phenoxy) is 1. The lowest BCUT2D eigenvalue weighted by Crippen LogP contribution is -2.53. The summed E-state index contributed by atoms with van der Waals surface area (Å²) in [6.07, 6.45) is 0.391. The Morgan fingerprint density at radius 2 is 1.86 bits per heavy atom. The molecular weight excluding hydrogens is 392 g/mol. The zero-order valence-corrected chi connectivity index (χ0v) is 16.7. The maximum absolute atomic E-state index is 12.8. The van der Waals surface area contributed by atoms with E-state index >= 15 is 0 Å². The number of amides is 1. The Labute approximate surface area is 174 Å². The van der Waals surface area contributed by atoms with Gasteiger partial charge in [-0.3, -0.25) is 4.79 Å². The molecule has 3 rings (SSSR count). The van der Waals surface area contributed by atoms with Crippen molar-refractivity contribution in [1.82, 2.24) is 4.90 Å². The molecule has 1 fully saturated rings. The standard InChI is InChI=1S/C22H21ClN2O4/c1-2-3-18(22(27)28)25-19(26)13-29-21(16-6-4-14(12-24)5-7-16)20(25)15-8-10-17(23)11-9-15/h4-11,18,20-21H,2-3,13H2,1H3,(H,27,28)/t18-,20+,21-/m0/s1. The normalized spacial score (nSPS) is 20.2. The van der Waals surface area contributed by atoms with Crippen LogP contribution in [0.1, 0.15) is 48.6 Å². The van der Waals surface area contributed by atoms with E-state index in [-0.39, 0.29) is 12.5 Å². The van der Waals surface area contributed by atoms with E-state index in [1.54, 1.807) is 48.5 Å². The summed E-state index contributed by atoms with van der Waals surface area (Å²) >= 11 is 6.03. The number of rotatable bonds is 6.